The van der Waals surface area contributed by atoms with Crippen LogP contribution in [0.3, 0.4) is 0 Å². The normalized spacial score (nSPS) is 12.9. The summed E-state index contributed by atoms with van der Waals surface area (Å²) in [4.78, 5) is 5.23. The molecule has 1 atom stereocenters. The van der Waals surface area contributed by atoms with Gasteiger partial charge in [0.15, 0.2) is 5.82 Å². The topological polar surface area (TPSA) is 64.9 Å². The molecule has 1 aromatic carbocycles. The Morgan fingerprint density at radius 2 is 2.00 bits per heavy atom. The van der Waals surface area contributed by atoms with E-state index in [1.165, 1.54) is 23.9 Å². The van der Waals surface area contributed by atoms with Gasteiger partial charge >= 0.3 is 0 Å². The van der Waals surface area contributed by atoms with Crippen molar-refractivity contribution < 1.29 is 8.91 Å². The highest BCUT2D eigenvalue weighted by Crippen LogP contribution is 2.23. The summed E-state index contributed by atoms with van der Waals surface area (Å²) in [6, 6.07) is 6.07. The third-order valence-electron chi connectivity index (χ3n) is 2.67. The van der Waals surface area contributed by atoms with E-state index in [1.54, 1.807) is 12.1 Å². The predicted octanol–water partition coefficient (Wildman–Crippen LogP) is 3.16. The first-order valence-electron chi connectivity index (χ1n) is 6.02. The zero-order valence-corrected chi connectivity index (χ0v) is 11.7. The van der Waals surface area contributed by atoms with E-state index in [1.807, 2.05) is 13.8 Å². The van der Waals surface area contributed by atoms with Gasteiger partial charge in [-0.2, -0.15) is 4.98 Å². The van der Waals surface area contributed by atoms with Crippen LogP contribution < -0.4 is 5.73 Å². The minimum absolute atomic E-state index is 0.239. The summed E-state index contributed by atoms with van der Waals surface area (Å²) in [6.45, 7) is 4.00. The Morgan fingerprint density at radius 1 is 1.32 bits per heavy atom. The summed E-state index contributed by atoms with van der Waals surface area (Å²) in [6.07, 6.45) is 0. The lowest BCUT2D eigenvalue weighted by Gasteiger charge is -2.09. The number of halogens is 1. The van der Waals surface area contributed by atoms with Crippen molar-refractivity contribution in [3.63, 3.8) is 0 Å². The van der Waals surface area contributed by atoms with Crippen molar-refractivity contribution in [3.05, 3.63) is 41.8 Å². The Bertz CT molecular complexity index is 527. The van der Waals surface area contributed by atoms with Crippen LogP contribution in [-0.4, -0.2) is 10.1 Å². The Morgan fingerprint density at radius 3 is 2.63 bits per heavy atom. The molecule has 6 heteroatoms. The molecular weight excluding hydrogens is 265 g/mol. The highest BCUT2D eigenvalue weighted by atomic mass is 32.2. The van der Waals surface area contributed by atoms with Gasteiger partial charge < -0.3 is 10.3 Å². The van der Waals surface area contributed by atoms with Crippen molar-refractivity contribution in [1.82, 2.24) is 10.1 Å². The molecule has 2 aromatic rings. The van der Waals surface area contributed by atoms with Gasteiger partial charge in [-0.1, -0.05) is 19.0 Å². The van der Waals surface area contributed by atoms with Gasteiger partial charge in [-0.3, -0.25) is 0 Å². The number of benzene rings is 1. The van der Waals surface area contributed by atoms with E-state index in [9.17, 15) is 4.39 Å². The van der Waals surface area contributed by atoms with Gasteiger partial charge in [0.1, 0.15) is 5.82 Å². The molecule has 1 unspecified atom stereocenters. The molecule has 19 heavy (non-hydrogen) atoms. The van der Waals surface area contributed by atoms with Crippen molar-refractivity contribution in [2.75, 3.05) is 0 Å². The third kappa shape index (κ3) is 3.78. The summed E-state index contributed by atoms with van der Waals surface area (Å²) < 4.78 is 17.9. The smallest absolute Gasteiger partial charge is 0.243 e. The van der Waals surface area contributed by atoms with E-state index >= 15 is 0 Å². The van der Waals surface area contributed by atoms with Gasteiger partial charge in [0.05, 0.1) is 11.8 Å². The lowest BCUT2D eigenvalue weighted by molar-refractivity contribution is 0.323. The van der Waals surface area contributed by atoms with Crippen LogP contribution in [0, 0.1) is 11.7 Å². The van der Waals surface area contributed by atoms with E-state index in [-0.39, 0.29) is 17.8 Å². The van der Waals surface area contributed by atoms with Gasteiger partial charge in [0.2, 0.25) is 5.89 Å². The van der Waals surface area contributed by atoms with Crippen molar-refractivity contribution >= 4 is 11.8 Å². The van der Waals surface area contributed by atoms with E-state index in [2.05, 4.69) is 10.1 Å². The first-order valence-corrected chi connectivity index (χ1v) is 7.01. The first kappa shape index (κ1) is 14.0. The molecule has 2 N–H and O–H groups in total. The summed E-state index contributed by atoms with van der Waals surface area (Å²) in [5.41, 5.74) is 5.93. The molecule has 0 spiro atoms. The average Bonchev–Trinajstić information content (AvgIpc) is 2.86. The van der Waals surface area contributed by atoms with E-state index in [0.29, 0.717) is 17.5 Å². The van der Waals surface area contributed by atoms with E-state index < -0.39 is 0 Å². The van der Waals surface area contributed by atoms with Gasteiger partial charge in [0.25, 0.3) is 0 Å². The number of hydrogen-bond acceptors (Lipinski definition) is 5. The highest BCUT2D eigenvalue weighted by molar-refractivity contribution is 7.98. The molecule has 0 saturated heterocycles. The molecule has 0 saturated carbocycles. The quantitative estimate of drug-likeness (QED) is 0.853. The standard InChI is InChI=1S/C13H16FN3OS/c1-8(2)12(15)13-16-11(17-18-13)7-19-10-5-3-9(14)4-6-10/h3-6,8,12H,7,15H2,1-2H3. The van der Waals surface area contributed by atoms with Crippen LogP contribution >= 0.6 is 11.8 Å². The zero-order chi connectivity index (χ0) is 13.8. The van der Waals surface area contributed by atoms with Crippen LogP contribution in [0.4, 0.5) is 4.39 Å². The number of nitrogens with zero attached hydrogens (tertiary/aromatic N) is 2. The number of aromatic nitrogens is 2. The summed E-state index contributed by atoms with van der Waals surface area (Å²) in [7, 11) is 0. The molecule has 1 heterocycles. The van der Waals surface area contributed by atoms with Gasteiger partial charge in [-0.15, -0.1) is 11.8 Å². The maximum Gasteiger partial charge on any atom is 0.243 e. The maximum absolute atomic E-state index is 12.8. The monoisotopic (exact) mass is 281 g/mol. The molecule has 1 aromatic heterocycles. The molecular formula is C13H16FN3OS. The third-order valence-corrected chi connectivity index (χ3v) is 3.68. The molecule has 102 valence electrons. The minimum atomic E-state index is -0.242. The Balaban J connectivity index is 1.95. The van der Waals surface area contributed by atoms with Crippen LogP contribution in [0.1, 0.15) is 31.6 Å². The molecule has 0 aliphatic rings. The first-order chi connectivity index (χ1) is 9.06. The predicted molar refractivity (Wildman–Crippen MR) is 72.0 cm³/mol. The highest BCUT2D eigenvalue weighted by Gasteiger charge is 2.17. The lowest BCUT2D eigenvalue weighted by atomic mass is 10.1. The zero-order valence-electron chi connectivity index (χ0n) is 10.8. The number of hydrogen-bond donors (Lipinski definition) is 1. The van der Waals surface area contributed by atoms with E-state index in [4.69, 9.17) is 10.3 Å². The van der Waals surface area contributed by atoms with Crippen LogP contribution in [0.5, 0.6) is 0 Å². The number of rotatable bonds is 5. The summed E-state index contributed by atoms with van der Waals surface area (Å²) in [5, 5.41) is 3.89. The molecule has 2 rings (SSSR count). The summed E-state index contributed by atoms with van der Waals surface area (Å²) >= 11 is 1.52. The number of thioether (sulfide) groups is 1. The molecule has 0 radical (unpaired) electrons. The fraction of sp³-hybridized carbons (Fsp3) is 0.385. The lowest BCUT2D eigenvalue weighted by Crippen LogP contribution is -2.17. The van der Waals surface area contributed by atoms with Crippen molar-refractivity contribution in [2.45, 2.75) is 30.5 Å². The van der Waals surface area contributed by atoms with Crippen LogP contribution in [0.25, 0.3) is 0 Å². The molecule has 0 aliphatic carbocycles. The Hall–Kier alpha value is -1.40. The van der Waals surface area contributed by atoms with Crippen molar-refractivity contribution in [3.8, 4) is 0 Å². The van der Waals surface area contributed by atoms with E-state index in [0.717, 1.165) is 4.90 Å². The fourth-order valence-corrected chi connectivity index (χ4v) is 2.17. The Labute approximate surface area is 115 Å². The van der Waals surface area contributed by atoms with Gasteiger partial charge in [-0.25, -0.2) is 4.39 Å². The minimum Gasteiger partial charge on any atom is -0.338 e. The van der Waals surface area contributed by atoms with Crippen molar-refractivity contribution in [1.29, 1.82) is 0 Å². The van der Waals surface area contributed by atoms with Crippen molar-refractivity contribution in [2.24, 2.45) is 11.7 Å². The molecule has 0 amide bonds. The second-order valence-electron chi connectivity index (χ2n) is 4.56. The molecule has 4 nitrogen and oxygen atoms in total. The van der Waals surface area contributed by atoms with Crippen LogP contribution in [0.15, 0.2) is 33.7 Å². The largest absolute Gasteiger partial charge is 0.338 e. The SMILES string of the molecule is CC(C)C(N)c1nc(CSc2ccc(F)cc2)no1. The number of nitrogens with two attached hydrogens (primary N) is 1. The molecule has 0 aliphatic heterocycles. The second kappa shape index (κ2) is 6.16. The average molecular weight is 281 g/mol. The maximum atomic E-state index is 12.8. The van der Waals surface area contributed by atoms with Crippen LogP contribution in [-0.2, 0) is 5.75 Å². The fourth-order valence-electron chi connectivity index (χ4n) is 1.43. The second-order valence-corrected chi connectivity index (χ2v) is 5.61. The molecule has 0 fully saturated rings. The molecule has 0 bridgehead atoms. The van der Waals surface area contributed by atoms with Gasteiger partial charge in [-0.05, 0) is 30.2 Å². The Kier molecular flexibility index (Phi) is 4.55. The van der Waals surface area contributed by atoms with Crippen LogP contribution in [0.2, 0.25) is 0 Å². The van der Waals surface area contributed by atoms with Gasteiger partial charge in [0, 0.05) is 4.90 Å². The summed E-state index contributed by atoms with van der Waals surface area (Å²) in [5.74, 6) is 1.64.